The van der Waals surface area contributed by atoms with E-state index in [-0.39, 0.29) is 23.3 Å². The highest BCUT2D eigenvalue weighted by molar-refractivity contribution is 7.89. The van der Waals surface area contributed by atoms with Crippen LogP contribution in [-0.2, 0) is 31.0 Å². The predicted octanol–water partition coefficient (Wildman–Crippen LogP) is 3.44. The molecule has 0 radical (unpaired) electrons. The Bertz CT molecular complexity index is 1390. The highest BCUT2D eigenvalue weighted by atomic mass is 32.2. The van der Waals surface area contributed by atoms with Crippen molar-refractivity contribution in [3.63, 3.8) is 0 Å². The van der Waals surface area contributed by atoms with Crippen molar-refractivity contribution in [2.24, 2.45) is 0 Å². The summed E-state index contributed by atoms with van der Waals surface area (Å²) in [7, 11) is -0.587. The highest BCUT2D eigenvalue weighted by Gasteiger charge is 2.45. The number of hydrogen-bond donors (Lipinski definition) is 1. The fraction of sp³-hybridized carbons (Fsp3) is 0.464. The fourth-order valence-electron chi connectivity index (χ4n) is 5.09. The Morgan fingerprint density at radius 1 is 1.02 bits per heavy atom. The minimum absolute atomic E-state index is 0.113. The van der Waals surface area contributed by atoms with Gasteiger partial charge in [-0.15, -0.1) is 0 Å². The number of likely N-dealkylation sites (tertiary alicyclic amines) is 1. The molecule has 2 atom stereocenters. The molecule has 14 heteroatoms. The molecule has 0 bridgehead atoms. The monoisotopic (exact) mass is 613 g/mol. The van der Waals surface area contributed by atoms with Gasteiger partial charge in [-0.3, -0.25) is 9.59 Å². The predicted molar refractivity (Wildman–Crippen MR) is 146 cm³/mol. The first-order chi connectivity index (χ1) is 19.7. The summed E-state index contributed by atoms with van der Waals surface area (Å²) in [6.45, 7) is 2.99. The summed E-state index contributed by atoms with van der Waals surface area (Å²) in [4.78, 5) is 39.2. The third-order valence-electron chi connectivity index (χ3n) is 7.16. The highest BCUT2D eigenvalue weighted by Crippen LogP contribution is 2.31. The van der Waals surface area contributed by atoms with E-state index in [9.17, 15) is 31.2 Å². The number of likely N-dealkylation sites (N-methyl/N-ethyl adjacent to an activating group) is 1. The number of carboxylic acids is 1. The van der Waals surface area contributed by atoms with Gasteiger partial charge in [-0.05, 0) is 61.9 Å². The zero-order valence-corrected chi connectivity index (χ0v) is 24.3. The molecule has 0 aliphatic carbocycles. The quantitative estimate of drug-likeness (QED) is 0.508. The molecular formula is C28H34F3N3O7S. The van der Waals surface area contributed by atoms with Gasteiger partial charge in [0.05, 0.1) is 12.0 Å². The lowest BCUT2D eigenvalue weighted by molar-refractivity contribution is -0.192. The van der Waals surface area contributed by atoms with Crippen LogP contribution in [0.1, 0.15) is 36.8 Å². The number of nitrogens with zero attached hydrogens (tertiary/aromatic N) is 3. The van der Waals surface area contributed by atoms with E-state index in [0.717, 1.165) is 12.0 Å². The normalized spacial score (nSPS) is 19.1. The molecule has 2 saturated heterocycles. The second-order valence-corrected chi connectivity index (χ2v) is 12.0. The molecule has 0 spiro atoms. The summed E-state index contributed by atoms with van der Waals surface area (Å²) in [5, 5.41) is 7.12. The standard InChI is InChI=1S/C26H33N3O5S.C2HF3O2/c1-19-17-21(13-14-24(19)34-3)35(32,33)29-16-8-12-23(29)26(31)28-15-7-11-22(28)25(30)27(2)18-20-9-5-4-6-10-20;3-2(4,5)1(6)7/h4-6,9-10,13-14,17,22-23H,7-8,11-12,15-16,18H2,1-3H3;(H,6,7)/t22-,23-;/m0./s1. The summed E-state index contributed by atoms with van der Waals surface area (Å²) >= 11 is 0. The van der Waals surface area contributed by atoms with Crippen molar-refractivity contribution < 1.29 is 45.8 Å². The van der Waals surface area contributed by atoms with Crippen LogP contribution in [0.25, 0.3) is 0 Å². The van der Waals surface area contributed by atoms with Crippen molar-refractivity contribution in [3.05, 3.63) is 59.7 Å². The second kappa shape index (κ2) is 13.6. The Morgan fingerprint density at radius 3 is 2.19 bits per heavy atom. The Labute approximate surface area is 242 Å². The third kappa shape index (κ3) is 7.59. The number of aryl methyl sites for hydroxylation is 1. The molecule has 0 aromatic heterocycles. The SMILES string of the molecule is COc1ccc(S(=O)(=O)N2CCC[C@H]2C(=O)N2CCC[C@H]2C(=O)N(C)Cc2ccccc2)cc1C.O=C(O)C(F)(F)F. The van der Waals surface area contributed by atoms with Gasteiger partial charge < -0.3 is 19.6 Å². The molecule has 2 aliphatic rings. The number of methoxy groups -OCH3 is 1. The second-order valence-electron chi connectivity index (χ2n) is 10.1. The van der Waals surface area contributed by atoms with Crippen LogP contribution < -0.4 is 4.74 Å². The van der Waals surface area contributed by atoms with Crippen LogP contribution in [-0.4, -0.2) is 90.9 Å². The maximum Gasteiger partial charge on any atom is 0.490 e. The first kappa shape index (κ1) is 32.9. The molecule has 2 aromatic rings. The zero-order valence-electron chi connectivity index (χ0n) is 23.5. The molecule has 10 nitrogen and oxygen atoms in total. The Kier molecular flexibility index (Phi) is 10.6. The van der Waals surface area contributed by atoms with E-state index >= 15 is 0 Å². The molecule has 42 heavy (non-hydrogen) atoms. The van der Waals surface area contributed by atoms with Gasteiger partial charge in [0.1, 0.15) is 17.8 Å². The first-order valence-corrected chi connectivity index (χ1v) is 14.7. The molecule has 4 rings (SSSR count). The van der Waals surface area contributed by atoms with E-state index in [1.807, 2.05) is 30.3 Å². The number of aliphatic carboxylic acids is 1. The average molecular weight is 614 g/mol. The van der Waals surface area contributed by atoms with Crippen molar-refractivity contribution in [2.75, 3.05) is 27.2 Å². The number of halogens is 3. The lowest BCUT2D eigenvalue weighted by Gasteiger charge is -2.32. The average Bonchev–Trinajstić information content (AvgIpc) is 3.63. The minimum atomic E-state index is -5.08. The maximum atomic E-state index is 13.6. The van der Waals surface area contributed by atoms with Crippen molar-refractivity contribution >= 4 is 27.8 Å². The Hall–Kier alpha value is -3.65. The van der Waals surface area contributed by atoms with Gasteiger partial charge >= 0.3 is 12.1 Å². The van der Waals surface area contributed by atoms with Crippen LogP contribution in [0.5, 0.6) is 5.75 Å². The van der Waals surface area contributed by atoms with Crippen LogP contribution in [0.15, 0.2) is 53.4 Å². The number of rotatable bonds is 7. The van der Waals surface area contributed by atoms with Gasteiger partial charge in [0.2, 0.25) is 21.8 Å². The minimum Gasteiger partial charge on any atom is -0.496 e. The number of alkyl halides is 3. The summed E-state index contributed by atoms with van der Waals surface area (Å²) in [5.41, 5.74) is 1.73. The van der Waals surface area contributed by atoms with Crippen molar-refractivity contribution in [1.29, 1.82) is 0 Å². The number of sulfonamides is 1. The van der Waals surface area contributed by atoms with E-state index in [2.05, 4.69) is 0 Å². The van der Waals surface area contributed by atoms with E-state index in [1.54, 1.807) is 35.9 Å². The van der Waals surface area contributed by atoms with Crippen molar-refractivity contribution in [1.82, 2.24) is 14.1 Å². The Morgan fingerprint density at radius 2 is 1.62 bits per heavy atom. The molecule has 1 N–H and O–H groups in total. The van der Waals surface area contributed by atoms with Crippen molar-refractivity contribution in [2.45, 2.75) is 62.3 Å². The summed E-state index contributed by atoms with van der Waals surface area (Å²) < 4.78 is 65.3. The molecule has 2 amide bonds. The van der Waals surface area contributed by atoms with E-state index in [1.165, 1.54) is 17.5 Å². The molecular weight excluding hydrogens is 579 g/mol. The number of benzene rings is 2. The summed E-state index contributed by atoms with van der Waals surface area (Å²) in [6.07, 6.45) is -2.73. The van der Waals surface area contributed by atoms with Gasteiger partial charge in [0.25, 0.3) is 0 Å². The van der Waals surface area contributed by atoms with E-state index in [0.29, 0.717) is 43.7 Å². The van der Waals surface area contributed by atoms with Gasteiger partial charge in [-0.25, -0.2) is 13.2 Å². The summed E-state index contributed by atoms with van der Waals surface area (Å²) in [6, 6.07) is 13.1. The zero-order chi connectivity index (χ0) is 31.2. The van der Waals surface area contributed by atoms with E-state index < -0.39 is 34.3 Å². The van der Waals surface area contributed by atoms with Crippen molar-refractivity contribution in [3.8, 4) is 5.75 Å². The van der Waals surface area contributed by atoms with E-state index in [4.69, 9.17) is 14.6 Å². The topological polar surface area (TPSA) is 125 Å². The van der Waals surface area contributed by atoms with Crippen LogP contribution in [0.2, 0.25) is 0 Å². The molecule has 0 unspecified atom stereocenters. The number of carbonyl (C=O) groups excluding carboxylic acids is 2. The largest absolute Gasteiger partial charge is 0.496 e. The van der Waals surface area contributed by atoms with Gasteiger partial charge in [0.15, 0.2) is 0 Å². The molecule has 2 aromatic carbocycles. The number of ether oxygens (including phenoxy) is 1. The molecule has 230 valence electrons. The third-order valence-corrected chi connectivity index (χ3v) is 9.07. The molecule has 2 aliphatic heterocycles. The first-order valence-electron chi connectivity index (χ1n) is 13.2. The lowest BCUT2D eigenvalue weighted by Crippen LogP contribution is -2.52. The summed E-state index contributed by atoms with van der Waals surface area (Å²) in [5.74, 6) is -2.54. The van der Waals surface area contributed by atoms with Gasteiger partial charge in [-0.1, -0.05) is 30.3 Å². The fourth-order valence-corrected chi connectivity index (χ4v) is 6.83. The van der Waals surface area contributed by atoms with Crippen LogP contribution in [0, 0.1) is 6.92 Å². The van der Waals surface area contributed by atoms with Gasteiger partial charge in [-0.2, -0.15) is 17.5 Å². The maximum absolute atomic E-state index is 13.6. The van der Waals surface area contributed by atoms with Crippen LogP contribution in [0.4, 0.5) is 13.2 Å². The Balaban J connectivity index is 0.000000616. The molecule has 2 heterocycles. The number of hydrogen-bond acceptors (Lipinski definition) is 6. The molecule has 2 fully saturated rings. The van der Waals surface area contributed by atoms with Crippen LogP contribution >= 0.6 is 0 Å². The number of carbonyl (C=O) groups is 3. The van der Waals surface area contributed by atoms with Gasteiger partial charge in [0, 0.05) is 26.7 Å². The number of carboxylic acid groups (broad SMARTS) is 1. The smallest absolute Gasteiger partial charge is 0.490 e. The number of amides is 2. The van der Waals surface area contributed by atoms with Crippen LogP contribution in [0.3, 0.4) is 0 Å². The lowest BCUT2D eigenvalue weighted by atomic mass is 10.1. The molecule has 0 saturated carbocycles.